The smallest absolute Gasteiger partial charge is 0.264 e. The van der Waals surface area contributed by atoms with Gasteiger partial charge in [-0.3, -0.25) is 4.18 Å². The Hall–Kier alpha value is -1.64. The third-order valence-electron chi connectivity index (χ3n) is 11.3. The topological polar surface area (TPSA) is 135 Å². The standard InChI is InChI=1S/C40H66O10S2/c1-11-26(3)21-38-30(7)35(25-52(44,45)34-17-13-31(12-2)14-18-34)39(49-38)24-36(41)29(6)27(4)22-33(50-51(10,42)43)15-19-37-28(5)23-32(48-37)16-20-40(46-8)47-9/h13-14,17-18,26-27,30,32-33,35-41H,5-6,11-12,15-16,19-25H2,1-4,7-10H3/t26-,27+,30-,32+,33-,35-,36-,37+,38-,39+/m1/s1. The molecule has 2 aliphatic rings. The summed E-state index contributed by atoms with van der Waals surface area (Å²) in [5.41, 5.74) is 2.57. The van der Waals surface area contributed by atoms with E-state index in [-0.39, 0.29) is 54.5 Å². The summed E-state index contributed by atoms with van der Waals surface area (Å²) in [6.07, 6.45) is 4.50. The minimum atomic E-state index is -3.76. The lowest BCUT2D eigenvalue weighted by Gasteiger charge is -2.28. The molecule has 298 valence electrons. The van der Waals surface area contributed by atoms with Crippen LogP contribution in [-0.2, 0) is 49.5 Å². The molecule has 1 N–H and O–H groups in total. The Morgan fingerprint density at radius 3 is 2.21 bits per heavy atom. The van der Waals surface area contributed by atoms with Crippen LogP contribution in [0.3, 0.4) is 0 Å². The summed E-state index contributed by atoms with van der Waals surface area (Å²) < 4.78 is 80.9. The Morgan fingerprint density at radius 2 is 1.63 bits per heavy atom. The number of ether oxygens (including phenoxy) is 4. The molecule has 52 heavy (non-hydrogen) atoms. The zero-order chi connectivity index (χ0) is 38.8. The molecule has 12 heteroatoms. The van der Waals surface area contributed by atoms with Crippen molar-refractivity contribution >= 4 is 20.0 Å². The number of hydrogen-bond donors (Lipinski definition) is 1. The zero-order valence-electron chi connectivity index (χ0n) is 32.8. The SMILES string of the molecule is C=C1C[C@H](CCC(OC)OC)O[C@H]1CC[C@H](C[C@H](C)C(=C)[C@H](O)C[C@@H]1O[C@H](C[C@H](C)CC)[C@H](C)[C@H]1CS(=O)(=O)c1ccc(CC)cc1)OS(C)(=O)=O. The summed E-state index contributed by atoms with van der Waals surface area (Å²) in [5.74, 6) is -0.302. The lowest BCUT2D eigenvalue weighted by atomic mass is 9.83. The number of sulfone groups is 1. The number of rotatable bonds is 23. The van der Waals surface area contributed by atoms with Gasteiger partial charge in [-0.05, 0) is 91.5 Å². The van der Waals surface area contributed by atoms with Gasteiger partial charge in [0, 0.05) is 33.0 Å². The van der Waals surface area contributed by atoms with Crippen molar-refractivity contribution in [2.45, 2.75) is 147 Å². The fraction of sp³-hybridized carbons (Fsp3) is 0.750. The van der Waals surface area contributed by atoms with Gasteiger partial charge in [-0.2, -0.15) is 8.42 Å². The molecular formula is C40H66O10S2. The van der Waals surface area contributed by atoms with Gasteiger partial charge in [-0.1, -0.05) is 66.3 Å². The molecule has 2 fully saturated rings. The molecule has 1 aromatic carbocycles. The highest BCUT2D eigenvalue weighted by atomic mass is 32.2. The normalized spacial score (nSPS) is 26.5. The maximum absolute atomic E-state index is 13.7. The van der Waals surface area contributed by atoms with Crippen LogP contribution in [0.1, 0.15) is 98.0 Å². The van der Waals surface area contributed by atoms with Gasteiger partial charge in [0.25, 0.3) is 10.1 Å². The van der Waals surface area contributed by atoms with Gasteiger partial charge >= 0.3 is 0 Å². The van der Waals surface area contributed by atoms with Crippen LogP contribution in [0.25, 0.3) is 0 Å². The molecule has 0 aromatic heterocycles. The number of hydrogen-bond acceptors (Lipinski definition) is 10. The summed E-state index contributed by atoms with van der Waals surface area (Å²) in [5, 5.41) is 11.5. The molecule has 3 rings (SSSR count). The minimum absolute atomic E-state index is 0.0147. The molecule has 0 aliphatic carbocycles. The Labute approximate surface area is 314 Å². The quantitative estimate of drug-likeness (QED) is 0.0701. The molecule has 0 saturated carbocycles. The van der Waals surface area contributed by atoms with E-state index in [0.29, 0.717) is 42.1 Å². The second-order valence-corrected chi connectivity index (χ2v) is 18.9. The van der Waals surface area contributed by atoms with Gasteiger partial charge in [0.15, 0.2) is 16.1 Å². The van der Waals surface area contributed by atoms with E-state index in [1.54, 1.807) is 26.4 Å². The van der Waals surface area contributed by atoms with Crippen molar-refractivity contribution in [3.8, 4) is 0 Å². The molecular weight excluding hydrogens is 705 g/mol. The average Bonchev–Trinajstić information content (AvgIpc) is 3.59. The van der Waals surface area contributed by atoms with Crippen LogP contribution in [0.4, 0.5) is 0 Å². The maximum Gasteiger partial charge on any atom is 0.264 e. The van der Waals surface area contributed by atoms with Crippen molar-refractivity contribution in [2.75, 3.05) is 26.2 Å². The van der Waals surface area contributed by atoms with E-state index >= 15 is 0 Å². The highest BCUT2D eigenvalue weighted by molar-refractivity contribution is 7.91. The van der Waals surface area contributed by atoms with E-state index < -0.39 is 38.3 Å². The van der Waals surface area contributed by atoms with Crippen molar-refractivity contribution in [3.05, 3.63) is 54.1 Å². The summed E-state index contributed by atoms with van der Waals surface area (Å²) in [6.45, 7) is 18.7. The summed E-state index contributed by atoms with van der Waals surface area (Å²) >= 11 is 0. The lowest BCUT2D eigenvalue weighted by molar-refractivity contribution is -0.112. The van der Waals surface area contributed by atoms with Crippen LogP contribution < -0.4 is 0 Å². The number of aliphatic hydroxyl groups excluding tert-OH is 1. The van der Waals surface area contributed by atoms with E-state index in [0.717, 1.165) is 49.5 Å². The van der Waals surface area contributed by atoms with Crippen LogP contribution in [-0.4, -0.2) is 91.1 Å². The maximum atomic E-state index is 13.7. The number of benzene rings is 1. The molecule has 2 saturated heterocycles. The molecule has 10 nitrogen and oxygen atoms in total. The van der Waals surface area contributed by atoms with Crippen LogP contribution >= 0.6 is 0 Å². The fourth-order valence-electron chi connectivity index (χ4n) is 7.60. The first-order valence-corrected chi connectivity index (χ1v) is 22.5. The van der Waals surface area contributed by atoms with Crippen molar-refractivity contribution in [2.24, 2.45) is 23.7 Å². The van der Waals surface area contributed by atoms with E-state index in [1.807, 2.05) is 26.0 Å². The van der Waals surface area contributed by atoms with Crippen LogP contribution in [0.15, 0.2) is 53.5 Å². The minimum Gasteiger partial charge on any atom is -0.389 e. The number of aryl methyl sites for hydroxylation is 1. The van der Waals surface area contributed by atoms with Crippen molar-refractivity contribution in [1.82, 2.24) is 0 Å². The van der Waals surface area contributed by atoms with Gasteiger partial charge in [-0.15, -0.1) is 0 Å². The van der Waals surface area contributed by atoms with Crippen LogP contribution in [0.5, 0.6) is 0 Å². The fourth-order valence-corrected chi connectivity index (χ4v) is 10.0. The predicted molar refractivity (Wildman–Crippen MR) is 205 cm³/mol. The Bertz CT molecular complexity index is 1490. The van der Waals surface area contributed by atoms with Crippen LogP contribution in [0, 0.1) is 23.7 Å². The van der Waals surface area contributed by atoms with Crippen molar-refractivity contribution in [3.63, 3.8) is 0 Å². The van der Waals surface area contributed by atoms with Gasteiger partial charge in [0.2, 0.25) is 0 Å². The highest BCUT2D eigenvalue weighted by Crippen LogP contribution is 2.41. The third kappa shape index (κ3) is 13.3. The Kier molecular flexibility index (Phi) is 17.5. The van der Waals surface area contributed by atoms with E-state index in [9.17, 15) is 21.9 Å². The van der Waals surface area contributed by atoms with Crippen molar-refractivity contribution in [1.29, 1.82) is 0 Å². The largest absolute Gasteiger partial charge is 0.389 e. The Morgan fingerprint density at radius 1 is 0.981 bits per heavy atom. The highest BCUT2D eigenvalue weighted by Gasteiger charge is 2.45. The van der Waals surface area contributed by atoms with Gasteiger partial charge in [0.1, 0.15) is 0 Å². The summed E-state index contributed by atoms with van der Waals surface area (Å²) in [6, 6.07) is 7.08. The summed E-state index contributed by atoms with van der Waals surface area (Å²) in [4.78, 5) is 0.296. The number of aliphatic hydroxyl groups is 1. The molecule has 1 aromatic rings. The molecule has 0 spiro atoms. The lowest BCUT2D eigenvalue weighted by Crippen LogP contribution is -2.32. The van der Waals surface area contributed by atoms with E-state index in [2.05, 4.69) is 33.9 Å². The first-order chi connectivity index (χ1) is 24.4. The monoisotopic (exact) mass is 770 g/mol. The zero-order valence-corrected chi connectivity index (χ0v) is 34.4. The summed E-state index contributed by atoms with van der Waals surface area (Å²) in [7, 11) is -4.17. The van der Waals surface area contributed by atoms with Crippen molar-refractivity contribution < 1.29 is 45.1 Å². The average molecular weight is 771 g/mol. The predicted octanol–water partition coefficient (Wildman–Crippen LogP) is 7.05. The third-order valence-corrected chi connectivity index (χ3v) is 13.7. The van der Waals surface area contributed by atoms with E-state index in [1.165, 1.54) is 0 Å². The van der Waals surface area contributed by atoms with Gasteiger partial charge in [0.05, 0.1) is 53.5 Å². The first kappa shape index (κ1) is 44.8. The second kappa shape index (κ2) is 20.3. The Balaban J connectivity index is 1.68. The molecule has 0 unspecified atom stereocenters. The molecule has 2 aliphatic heterocycles. The number of methoxy groups -OCH3 is 2. The molecule has 0 radical (unpaired) electrons. The molecule has 2 heterocycles. The first-order valence-electron chi connectivity index (χ1n) is 19.0. The van der Waals surface area contributed by atoms with Gasteiger partial charge < -0.3 is 24.1 Å². The second-order valence-electron chi connectivity index (χ2n) is 15.3. The van der Waals surface area contributed by atoms with Crippen LogP contribution in [0.2, 0.25) is 0 Å². The molecule has 10 atom stereocenters. The molecule has 0 bridgehead atoms. The molecule has 0 amide bonds. The van der Waals surface area contributed by atoms with E-state index in [4.69, 9.17) is 23.1 Å². The van der Waals surface area contributed by atoms with Gasteiger partial charge in [-0.25, -0.2) is 8.42 Å².